The van der Waals surface area contributed by atoms with E-state index in [-0.39, 0.29) is 22.3 Å². The Bertz CT molecular complexity index is 1110. The van der Waals surface area contributed by atoms with Crippen LogP contribution in [-0.2, 0) is 10.5 Å². The summed E-state index contributed by atoms with van der Waals surface area (Å²) in [4.78, 5) is 26.0. The van der Waals surface area contributed by atoms with Gasteiger partial charge in [-0.15, -0.1) is 0 Å². The molecule has 2 aromatic carbocycles. The lowest BCUT2D eigenvalue weighted by Crippen LogP contribution is -2.63. The predicted octanol–water partition coefficient (Wildman–Crippen LogP) is -1.20. The van der Waals surface area contributed by atoms with Crippen LogP contribution in [0.4, 0.5) is 0 Å². The number of hydrogen-bond donors (Lipinski definition) is 7. The number of carbonyl (C=O) groups excluding carboxylic acids is 2. The average Bonchev–Trinajstić information content (AvgIpc) is 2.72. The largest absolute Gasteiger partial charge is 0.507 e. The third-order valence-corrected chi connectivity index (χ3v) is 5.81. The first-order valence-corrected chi connectivity index (χ1v) is 9.38. The van der Waals surface area contributed by atoms with Crippen LogP contribution >= 0.6 is 0 Å². The van der Waals surface area contributed by atoms with E-state index in [2.05, 4.69) is 0 Å². The number of rotatable bonds is 2. The number of ether oxygens (including phenoxy) is 1. The molecule has 0 aromatic heterocycles. The molecule has 1 aliphatic carbocycles. The third-order valence-electron chi connectivity index (χ3n) is 5.81. The van der Waals surface area contributed by atoms with E-state index in [1.165, 1.54) is 31.2 Å². The van der Waals surface area contributed by atoms with Gasteiger partial charge in [0.15, 0.2) is 5.78 Å². The highest BCUT2D eigenvalue weighted by Crippen LogP contribution is 2.46. The zero-order chi connectivity index (χ0) is 22.8. The molecule has 0 bridgehead atoms. The summed E-state index contributed by atoms with van der Waals surface area (Å²) in [6.45, 7) is 0.529. The Labute approximate surface area is 175 Å². The summed E-state index contributed by atoms with van der Waals surface area (Å²) in [5.41, 5.74) is -1.59. The highest BCUT2D eigenvalue weighted by Gasteiger charge is 2.56. The first-order valence-electron chi connectivity index (χ1n) is 9.38. The van der Waals surface area contributed by atoms with Gasteiger partial charge in [0.25, 0.3) is 0 Å². The van der Waals surface area contributed by atoms with Gasteiger partial charge in [0, 0.05) is 11.1 Å². The molecule has 2 aromatic rings. The van der Waals surface area contributed by atoms with E-state index in [1.807, 2.05) is 0 Å². The minimum Gasteiger partial charge on any atom is -0.507 e. The summed E-state index contributed by atoms with van der Waals surface area (Å²) in [6.07, 6.45) is -7.41. The molecule has 10 nitrogen and oxygen atoms in total. The molecular weight excluding hydrogens is 412 g/mol. The average molecular weight is 432 g/mol. The van der Waals surface area contributed by atoms with Gasteiger partial charge in [-0.2, -0.15) is 0 Å². The van der Waals surface area contributed by atoms with Gasteiger partial charge in [-0.25, -0.2) is 0 Å². The summed E-state index contributed by atoms with van der Waals surface area (Å²) < 4.78 is 5.25. The van der Waals surface area contributed by atoms with Gasteiger partial charge in [0.2, 0.25) is 11.6 Å². The van der Waals surface area contributed by atoms with Crippen molar-refractivity contribution in [3.63, 3.8) is 0 Å². The van der Waals surface area contributed by atoms with Crippen LogP contribution in [-0.4, -0.2) is 78.3 Å². The number of benzene rings is 2. The molecule has 0 radical (unpaired) electrons. The van der Waals surface area contributed by atoms with Gasteiger partial charge in [-0.1, -0.05) is 12.1 Å². The fourth-order valence-electron chi connectivity index (χ4n) is 4.26. The summed E-state index contributed by atoms with van der Waals surface area (Å²) in [5, 5.41) is 72.1. The van der Waals surface area contributed by atoms with Crippen molar-refractivity contribution in [1.82, 2.24) is 0 Å². The molecule has 31 heavy (non-hydrogen) atoms. The van der Waals surface area contributed by atoms with E-state index in [0.717, 1.165) is 0 Å². The number of aryl methyl sites for hydroxylation is 1. The van der Waals surface area contributed by atoms with Crippen molar-refractivity contribution in [1.29, 1.82) is 0 Å². The normalized spacial score (nSPS) is 30.1. The standard InChI is InChI=1S/C21H20O10/c1-7-5-9-13(17(26)12-8(15(9)24)3-2-4-10(12)23)18(27)14(7)21(30)20(29)19(28)16(25)11(6-22)31-21/h2-5,11,16,19-20,22-23,25,27-30H,6H2,1H3/t11-,16-,19+,20-,21-/m1/s1. The first-order chi connectivity index (χ1) is 14.5. The Balaban J connectivity index is 1.95. The molecule has 7 N–H and O–H groups in total. The van der Waals surface area contributed by atoms with E-state index < -0.39 is 71.0 Å². The van der Waals surface area contributed by atoms with Crippen LogP contribution in [0.3, 0.4) is 0 Å². The highest BCUT2D eigenvalue weighted by molar-refractivity contribution is 6.30. The van der Waals surface area contributed by atoms with E-state index in [0.29, 0.717) is 0 Å². The smallest absolute Gasteiger partial charge is 0.226 e. The zero-order valence-corrected chi connectivity index (χ0v) is 16.2. The molecule has 1 saturated heterocycles. The number of fused-ring (bicyclic) bond motifs is 2. The van der Waals surface area contributed by atoms with Crippen LogP contribution in [0.15, 0.2) is 24.3 Å². The van der Waals surface area contributed by atoms with Crippen LogP contribution < -0.4 is 0 Å². The van der Waals surface area contributed by atoms with Crippen LogP contribution in [0.1, 0.15) is 43.0 Å². The number of phenolic OH excluding ortho intramolecular Hbond substituents is 2. The number of ketones is 2. The second kappa shape index (κ2) is 7.09. The van der Waals surface area contributed by atoms with E-state index in [9.17, 15) is 45.3 Å². The molecule has 164 valence electrons. The molecule has 2 aliphatic rings. The maximum absolute atomic E-state index is 13.1. The number of aliphatic hydroxyl groups is 5. The van der Waals surface area contributed by atoms with Crippen LogP contribution in [0.25, 0.3) is 0 Å². The fraction of sp³-hybridized carbons (Fsp3) is 0.333. The highest BCUT2D eigenvalue weighted by atomic mass is 16.7. The quantitative estimate of drug-likeness (QED) is 0.259. The van der Waals surface area contributed by atoms with Crippen molar-refractivity contribution in [2.75, 3.05) is 6.61 Å². The molecule has 0 unspecified atom stereocenters. The molecule has 0 saturated carbocycles. The van der Waals surface area contributed by atoms with Crippen LogP contribution in [0.2, 0.25) is 0 Å². The maximum atomic E-state index is 13.1. The Kier molecular flexibility index (Phi) is 4.89. The maximum Gasteiger partial charge on any atom is 0.226 e. The fourth-order valence-corrected chi connectivity index (χ4v) is 4.26. The van der Waals surface area contributed by atoms with Gasteiger partial charge < -0.3 is 40.5 Å². The third kappa shape index (κ3) is 2.81. The molecule has 1 heterocycles. The second-order valence-electron chi connectivity index (χ2n) is 7.66. The zero-order valence-electron chi connectivity index (χ0n) is 16.2. The lowest BCUT2D eigenvalue weighted by atomic mass is 9.78. The molecule has 5 atom stereocenters. The van der Waals surface area contributed by atoms with Gasteiger partial charge in [0.1, 0.15) is 35.9 Å². The summed E-state index contributed by atoms with van der Waals surface area (Å²) >= 11 is 0. The van der Waals surface area contributed by atoms with Crippen molar-refractivity contribution < 1.29 is 50.1 Å². The first kappa shape index (κ1) is 21.4. The summed E-state index contributed by atoms with van der Waals surface area (Å²) in [7, 11) is 0. The van der Waals surface area contributed by atoms with Crippen molar-refractivity contribution >= 4 is 11.6 Å². The Morgan fingerprint density at radius 3 is 2.32 bits per heavy atom. The lowest BCUT2D eigenvalue weighted by Gasteiger charge is -2.46. The molecule has 1 fully saturated rings. The number of aliphatic hydroxyl groups excluding tert-OH is 4. The molecule has 1 aliphatic heterocycles. The Morgan fingerprint density at radius 2 is 1.68 bits per heavy atom. The Morgan fingerprint density at radius 1 is 1.00 bits per heavy atom. The van der Waals surface area contributed by atoms with Crippen LogP contribution in [0.5, 0.6) is 11.5 Å². The van der Waals surface area contributed by atoms with Gasteiger partial charge in [-0.3, -0.25) is 9.59 Å². The SMILES string of the molecule is Cc1cc2c(c(O)c1[C@@]1(O)O[C@H](CO)[C@@H](O)[C@H](O)[C@H]1O)C(=O)c1c(O)cccc1C2=O. The predicted molar refractivity (Wildman–Crippen MR) is 102 cm³/mol. The van der Waals surface area contributed by atoms with E-state index >= 15 is 0 Å². The monoisotopic (exact) mass is 432 g/mol. The lowest BCUT2D eigenvalue weighted by molar-refractivity contribution is -0.358. The second-order valence-corrected chi connectivity index (χ2v) is 7.66. The number of hydrogen-bond acceptors (Lipinski definition) is 10. The topological polar surface area (TPSA) is 185 Å². The van der Waals surface area contributed by atoms with Gasteiger partial charge in [-0.05, 0) is 24.6 Å². The number of aromatic hydroxyl groups is 2. The molecule has 0 amide bonds. The summed E-state index contributed by atoms with van der Waals surface area (Å²) in [6, 6.07) is 5.15. The van der Waals surface area contributed by atoms with Crippen molar-refractivity contribution in [2.24, 2.45) is 0 Å². The van der Waals surface area contributed by atoms with Crippen molar-refractivity contribution in [2.45, 2.75) is 37.1 Å². The van der Waals surface area contributed by atoms with Gasteiger partial charge >= 0.3 is 0 Å². The summed E-state index contributed by atoms with van der Waals surface area (Å²) in [5.74, 6) is -5.75. The van der Waals surface area contributed by atoms with E-state index in [4.69, 9.17) is 4.74 Å². The number of phenols is 2. The molecule has 4 rings (SSSR count). The van der Waals surface area contributed by atoms with Crippen molar-refractivity contribution in [3.05, 3.63) is 57.6 Å². The molecule has 0 spiro atoms. The molecule has 10 heteroatoms. The minimum absolute atomic E-state index is 0.0304. The van der Waals surface area contributed by atoms with E-state index in [1.54, 1.807) is 0 Å². The van der Waals surface area contributed by atoms with Crippen molar-refractivity contribution in [3.8, 4) is 11.5 Å². The molecular formula is C21H20O10. The van der Waals surface area contributed by atoms with Crippen LogP contribution in [0, 0.1) is 6.92 Å². The van der Waals surface area contributed by atoms with Gasteiger partial charge in [0.05, 0.1) is 23.3 Å². The number of carbonyl (C=O) groups is 2. The minimum atomic E-state index is -2.84. The Hall–Kier alpha value is -2.86.